The lowest BCUT2D eigenvalue weighted by molar-refractivity contribution is 0.602. The van der Waals surface area contributed by atoms with Gasteiger partial charge < -0.3 is 0 Å². The highest BCUT2D eigenvalue weighted by Crippen LogP contribution is 2.39. The van der Waals surface area contributed by atoms with Gasteiger partial charge in [0.15, 0.2) is 0 Å². The summed E-state index contributed by atoms with van der Waals surface area (Å²) in [5, 5.41) is 0. The number of allylic oxidation sites excluding steroid dienone is 5. The first-order valence-electron chi connectivity index (χ1n) is 5.98. The molecule has 1 aromatic rings. The van der Waals surface area contributed by atoms with E-state index in [9.17, 15) is 0 Å². The Labute approximate surface area is 101 Å². The van der Waals surface area contributed by atoms with Gasteiger partial charge in [0.1, 0.15) is 0 Å². The van der Waals surface area contributed by atoms with Gasteiger partial charge in [-0.3, -0.25) is 11.3 Å². The third kappa shape index (κ3) is 1.66. The summed E-state index contributed by atoms with van der Waals surface area (Å²) < 4.78 is 0. The molecule has 0 amide bonds. The molecule has 1 unspecified atom stereocenters. The summed E-state index contributed by atoms with van der Waals surface area (Å²) in [6, 6.07) is 6.77. The summed E-state index contributed by atoms with van der Waals surface area (Å²) >= 11 is 0. The molecule has 1 aromatic carbocycles. The number of fused-ring (bicyclic) bond motifs is 3. The molecule has 3 N–H and O–H groups in total. The van der Waals surface area contributed by atoms with Crippen molar-refractivity contribution >= 4 is 11.6 Å². The van der Waals surface area contributed by atoms with Gasteiger partial charge in [-0.25, -0.2) is 0 Å². The van der Waals surface area contributed by atoms with Crippen LogP contribution >= 0.6 is 0 Å². The number of hydrogen-bond donors (Lipinski definition) is 2. The molecular weight excluding hydrogens is 208 g/mol. The van der Waals surface area contributed by atoms with Crippen molar-refractivity contribution in [1.29, 1.82) is 0 Å². The number of nitrogens with two attached hydrogens (primary N) is 1. The van der Waals surface area contributed by atoms with E-state index in [1.165, 1.54) is 27.8 Å². The van der Waals surface area contributed by atoms with Gasteiger partial charge in [-0.05, 0) is 47.2 Å². The molecule has 0 spiro atoms. The average molecular weight is 224 g/mol. The summed E-state index contributed by atoms with van der Waals surface area (Å²) in [6.07, 6.45) is 9.87. The van der Waals surface area contributed by atoms with Gasteiger partial charge in [0.2, 0.25) is 0 Å². The summed E-state index contributed by atoms with van der Waals surface area (Å²) in [4.78, 5) is 0. The maximum Gasteiger partial charge on any atom is 0.0432 e. The average Bonchev–Trinajstić information content (AvgIpc) is 2.75. The number of hydrazine groups is 1. The smallest absolute Gasteiger partial charge is 0.0432 e. The third-order valence-electron chi connectivity index (χ3n) is 3.53. The van der Waals surface area contributed by atoms with Gasteiger partial charge in [0, 0.05) is 6.04 Å². The first kappa shape index (κ1) is 10.5. The standard InChI is InChI=1S/C15H16N2/c1-10(17-16)11-6-7-15-13(8-11)9-12-4-2-3-5-14(12)15/h2-3,5-10,17H,4,16H2,1H3. The van der Waals surface area contributed by atoms with Crippen LogP contribution < -0.4 is 11.3 Å². The van der Waals surface area contributed by atoms with Crippen molar-refractivity contribution in [2.45, 2.75) is 19.4 Å². The molecule has 0 bridgehead atoms. The fourth-order valence-electron chi connectivity index (χ4n) is 2.47. The summed E-state index contributed by atoms with van der Waals surface area (Å²) in [5.74, 6) is 5.48. The van der Waals surface area contributed by atoms with E-state index in [1.54, 1.807) is 0 Å². The summed E-state index contributed by atoms with van der Waals surface area (Å²) in [6.45, 7) is 2.07. The Bertz CT molecular complexity index is 550. The second kappa shape index (κ2) is 3.99. The van der Waals surface area contributed by atoms with E-state index < -0.39 is 0 Å². The quantitative estimate of drug-likeness (QED) is 0.598. The van der Waals surface area contributed by atoms with Crippen molar-refractivity contribution in [1.82, 2.24) is 5.43 Å². The second-order valence-electron chi connectivity index (χ2n) is 4.62. The van der Waals surface area contributed by atoms with Crippen LogP contribution in [0.3, 0.4) is 0 Å². The Hall–Kier alpha value is -1.64. The van der Waals surface area contributed by atoms with E-state index in [0.717, 1.165) is 6.42 Å². The second-order valence-corrected chi connectivity index (χ2v) is 4.62. The molecule has 2 nitrogen and oxygen atoms in total. The summed E-state index contributed by atoms with van der Waals surface area (Å²) in [5.41, 5.74) is 9.48. The van der Waals surface area contributed by atoms with Crippen LogP contribution in [0.5, 0.6) is 0 Å². The van der Waals surface area contributed by atoms with Crippen LogP contribution in [-0.4, -0.2) is 0 Å². The molecule has 86 valence electrons. The lowest BCUT2D eigenvalue weighted by Crippen LogP contribution is -2.25. The maximum absolute atomic E-state index is 5.48. The van der Waals surface area contributed by atoms with Crippen molar-refractivity contribution < 1.29 is 0 Å². The highest BCUT2D eigenvalue weighted by atomic mass is 15.2. The van der Waals surface area contributed by atoms with E-state index >= 15 is 0 Å². The van der Waals surface area contributed by atoms with E-state index in [2.05, 4.69) is 54.9 Å². The molecule has 1 atom stereocenters. The Kier molecular flexibility index (Phi) is 2.46. The van der Waals surface area contributed by atoms with Gasteiger partial charge in [0.25, 0.3) is 0 Å². The first-order chi connectivity index (χ1) is 8.29. The molecular formula is C15H16N2. The third-order valence-corrected chi connectivity index (χ3v) is 3.53. The van der Waals surface area contributed by atoms with Crippen LogP contribution in [-0.2, 0) is 0 Å². The molecule has 0 fully saturated rings. The molecule has 17 heavy (non-hydrogen) atoms. The minimum atomic E-state index is 0.188. The molecule has 2 heteroatoms. The fraction of sp³-hybridized carbons (Fsp3) is 0.200. The Morgan fingerprint density at radius 1 is 1.35 bits per heavy atom. The van der Waals surface area contributed by atoms with Gasteiger partial charge in [-0.2, -0.15) is 0 Å². The molecule has 2 aliphatic rings. The predicted octanol–water partition coefficient (Wildman–Crippen LogP) is 2.95. The molecule has 0 radical (unpaired) electrons. The van der Waals surface area contributed by atoms with Crippen LogP contribution in [0.2, 0.25) is 0 Å². The molecule has 3 rings (SSSR count). The number of benzene rings is 1. The van der Waals surface area contributed by atoms with Crippen molar-refractivity contribution in [3.8, 4) is 0 Å². The minimum absolute atomic E-state index is 0.188. The molecule has 2 aliphatic carbocycles. The zero-order valence-corrected chi connectivity index (χ0v) is 9.90. The Balaban J connectivity index is 2.06. The van der Waals surface area contributed by atoms with Crippen LogP contribution in [0.4, 0.5) is 0 Å². The van der Waals surface area contributed by atoms with Gasteiger partial charge in [-0.1, -0.05) is 36.4 Å². The first-order valence-corrected chi connectivity index (χ1v) is 5.98. The Morgan fingerprint density at radius 3 is 3.06 bits per heavy atom. The van der Waals surface area contributed by atoms with Crippen molar-refractivity contribution in [3.63, 3.8) is 0 Å². The normalized spacial score (nSPS) is 18.2. The molecule has 0 saturated carbocycles. The van der Waals surface area contributed by atoms with Crippen LogP contribution in [0.1, 0.15) is 36.1 Å². The number of hydrogen-bond acceptors (Lipinski definition) is 2. The monoisotopic (exact) mass is 224 g/mol. The van der Waals surface area contributed by atoms with Crippen molar-refractivity contribution in [3.05, 3.63) is 58.7 Å². The van der Waals surface area contributed by atoms with Gasteiger partial charge in [0.05, 0.1) is 0 Å². The lowest BCUT2D eigenvalue weighted by atomic mass is 9.96. The van der Waals surface area contributed by atoms with Crippen molar-refractivity contribution in [2.75, 3.05) is 0 Å². The minimum Gasteiger partial charge on any atom is -0.271 e. The highest BCUT2D eigenvalue weighted by Gasteiger charge is 2.19. The van der Waals surface area contributed by atoms with E-state index in [0.29, 0.717) is 0 Å². The molecule has 0 aromatic heterocycles. The summed E-state index contributed by atoms with van der Waals surface area (Å²) in [7, 11) is 0. The zero-order chi connectivity index (χ0) is 11.8. The van der Waals surface area contributed by atoms with Crippen LogP contribution in [0, 0.1) is 0 Å². The van der Waals surface area contributed by atoms with Crippen LogP contribution in [0.15, 0.2) is 42.0 Å². The number of rotatable bonds is 2. The highest BCUT2D eigenvalue weighted by molar-refractivity contribution is 5.96. The van der Waals surface area contributed by atoms with Crippen molar-refractivity contribution in [2.24, 2.45) is 5.84 Å². The number of nitrogens with one attached hydrogen (secondary N) is 1. The molecule has 0 heterocycles. The van der Waals surface area contributed by atoms with Gasteiger partial charge in [-0.15, -0.1) is 0 Å². The van der Waals surface area contributed by atoms with E-state index in [1.807, 2.05) is 0 Å². The topological polar surface area (TPSA) is 38.0 Å². The Morgan fingerprint density at radius 2 is 2.24 bits per heavy atom. The zero-order valence-electron chi connectivity index (χ0n) is 9.90. The fourth-order valence-corrected chi connectivity index (χ4v) is 2.47. The van der Waals surface area contributed by atoms with Gasteiger partial charge >= 0.3 is 0 Å². The SMILES string of the molecule is CC(NN)c1ccc2c(c1)C=C1CC=CC=C12. The predicted molar refractivity (Wildman–Crippen MR) is 71.9 cm³/mol. The molecule has 0 saturated heterocycles. The van der Waals surface area contributed by atoms with E-state index in [-0.39, 0.29) is 6.04 Å². The largest absolute Gasteiger partial charge is 0.271 e. The maximum atomic E-state index is 5.48. The van der Waals surface area contributed by atoms with Crippen LogP contribution in [0.25, 0.3) is 11.6 Å². The molecule has 0 aliphatic heterocycles. The van der Waals surface area contributed by atoms with E-state index in [4.69, 9.17) is 5.84 Å². The lowest BCUT2D eigenvalue weighted by Gasteiger charge is -2.12.